The van der Waals surface area contributed by atoms with Crippen LogP contribution < -0.4 is 9.47 Å². The molecule has 3 nitrogen and oxygen atoms in total. The molecule has 82 valence electrons. The molecule has 1 aromatic carbocycles. The first-order valence-corrected chi connectivity index (χ1v) is 5.65. The van der Waals surface area contributed by atoms with E-state index < -0.39 is 0 Å². The number of methoxy groups -OCH3 is 2. The summed E-state index contributed by atoms with van der Waals surface area (Å²) in [6, 6.07) is 3.54. The highest BCUT2D eigenvalue weighted by Crippen LogP contribution is 2.30. The molecule has 0 bridgehead atoms. The lowest BCUT2D eigenvalue weighted by atomic mass is 10.1. The van der Waals surface area contributed by atoms with Crippen molar-refractivity contribution in [2.24, 2.45) is 0 Å². The van der Waals surface area contributed by atoms with E-state index in [1.165, 1.54) is 0 Å². The summed E-state index contributed by atoms with van der Waals surface area (Å²) in [4.78, 5) is 10.9. The Morgan fingerprint density at radius 3 is 2.33 bits per heavy atom. The van der Waals surface area contributed by atoms with Gasteiger partial charge in [-0.1, -0.05) is 15.9 Å². The highest BCUT2D eigenvalue weighted by atomic mass is 79.9. The monoisotopic (exact) mass is 272 g/mol. The Hall–Kier alpha value is -1.03. The molecule has 0 radical (unpaired) electrons. The smallest absolute Gasteiger partial charge is 0.161 e. The molecule has 15 heavy (non-hydrogen) atoms. The van der Waals surface area contributed by atoms with Gasteiger partial charge in [0.15, 0.2) is 11.5 Å². The van der Waals surface area contributed by atoms with Crippen LogP contribution in [0.1, 0.15) is 15.9 Å². The Balaban J connectivity index is 3.20. The van der Waals surface area contributed by atoms with Crippen LogP contribution in [0.5, 0.6) is 11.5 Å². The SMILES string of the molecule is COc1cc(C=O)c(CCBr)cc1OC. The third kappa shape index (κ3) is 2.72. The molecule has 0 saturated heterocycles. The Morgan fingerprint density at radius 2 is 1.87 bits per heavy atom. The third-order valence-corrected chi connectivity index (χ3v) is 2.53. The van der Waals surface area contributed by atoms with Crippen LogP contribution in [0.15, 0.2) is 12.1 Å². The molecular weight excluding hydrogens is 260 g/mol. The van der Waals surface area contributed by atoms with E-state index in [4.69, 9.17) is 9.47 Å². The van der Waals surface area contributed by atoms with Gasteiger partial charge in [-0.05, 0) is 24.1 Å². The topological polar surface area (TPSA) is 35.5 Å². The summed E-state index contributed by atoms with van der Waals surface area (Å²) in [5.74, 6) is 1.23. The van der Waals surface area contributed by atoms with Gasteiger partial charge in [-0.25, -0.2) is 0 Å². The van der Waals surface area contributed by atoms with E-state index in [0.717, 1.165) is 23.6 Å². The van der Waals surface area contributed by atoms with Crippen molar-refractivity contribution in [2.45, 2.75) is 6.42 Å². The molecule has 0 aliphatic rings. The van der Waals surface area contributed by atoms with E-state index in [2.05, 4.69) is 15.9 Å². The average Bonchev–Trinajstić information content (AvgIpc) is 2.28. The molecule has 4 heteroatoms. The fourth-order valence-corrected chi connectivity index (χ4v) is 1.79. The van der Waals surface area contributed by atoms with Gasteiger partial charge in [-0.2, -0.15) is 0 Å². The minimum absolute atomic E-state index is 0.581. The van der Waals surface area contributed by atoms with Crippen molar-refractivity contribution in [2.75, 3.05) is 19.5 Å². The van der Waals surface area contributed by atoms with Crippen LogP contribution in [-0.4, -0.2) is 25.8 Å². The summed E-state index contributed by atoms with van der Waals surface area (Å²) < 4.78 is 10.3. The van der Waals surface area contributed by atoms with Crippen molar-refractivity contribution >= 4 is 22.2 Å². The molecule has 1 aromatic rings. The predicted molar refractivity (Wildman–Crippen MR) is 62.4 cm³/mol. The molecule has 0 N–H and O–H groups in total. The summed E-state index contributed by atoms with van der Waals surface area (Å²) in [5, 5.41) is 0.809. The molecule has 0 spiro atoms. The van der Waals surface area contributed by atoms with E-state index in [1.807, 2.05) is 6.07 Å². The van der Waals surface area contributed by atoms with Crippen molar-refractivity contribution in [1.82, 2.24) is 0 Å². The number of alkyl halides is 1. The first kappa shape index (κ1) is 12.0. The lowest BCUT2D eigenvalue weighted by Gasteiger charge is -2.11. The lowest BCUT2D eigenvalue weighted by Crippen LogP contribution is -1.98. The molecule has 0 amide bonds. The number of carbonyl (C=O) groups excluding carboxylic acids is 1. The van der Waals surface area contributed by atoms with Crippen LogP contribution >= 0.6 is 15.9 Å². The molecule has 0 aromatic heterocycles. The number of rotatable bonds is 5. The zero-order valence-corrected chi connectivity index (χ0v) is 10.3. The molecule has 0 heterocycles. The number of hydrogen-bond acceptors (Lipinski definition) is 3. The van der Waals surface area contributed by atoms with Crippen LogP contribution in [0.3, 0.4) is 0 Å². The van der Waals surface area contributed by atoms with Crippen LogP contribution in [0.25, 0.3) is 0 Å². The average molecular weight is 273 g/mol. The highest BCUT2D eigenvalue weighted by molar-refractivity contribution is 9.09. The van der Waals surface area contributed by atoms with Crippen molar-refractivity contribution in [3.8, 4) is 11.5 Å². The largest absolute Gasteiger partial charge is 0.493 e. The third-order valence-electron chi connectivity index (χ3n) is 2.14. The zero-order valence-electron chi connectivity index (χ0n) is 8.75. The van der Waals surface area contributed by atoms with Crippen LogP contribution in [-0.2, 0) is 6.42 Å². The second kappa shape index (κ2) is 5.75. The molecular formula is C11H13BrO3. The van der Waals surface area contributed by atoms with E-state index in [1.54, 1.807) is 20.3 Å². The maximum atomic E-state index is 10.9. The fourth-order valence-electron chi connectivity index (χ4n) is 1.36. The van der Waals surface area contributed by atoms with Crippen molar-refractivity contribution < 1.29 is 14.3 Å². The van der Waals surface area contributed by atoms with Crippen LogP contribution in [0.2, 0.25) is 0 Å². The number of hydrogen-bond donors (Lipinski definition) is 0. The molecule has 0 unspecified atom stereocenters. The summed E-state index contributed by atoms with van der Waals surface area (Å²) >= 11 is 3.34. The van der Waals surface area contributed by atoms with Gasteiger partial charge in [0.2, 0.25) is 0 Å². The maximum Gasteiger partial charge on any atom is 0.161 e. The van der Waals surface area contributed by atoms with Crippen LogP contribution in [0, 0.1) is 0 Å². The number of carbonyl (C=O) groups is 1. The molecule has 0 aliphatic heterocycles. The fraction of sp³-hybridized carbons (Fsp3) is 0.364. The van der Waals surface area contributed by atoms with Gasteiger partial charge in [0.1, 0.15) is 6.29 Å². The number of halogens is 1. The van der Waals surface area contributed by atoms with Gasteiger partial charge < -0.3 is 9.47 Å². The second-order valence-electron chi connectivity index (χ2n) is 2.96. The Morgan fingerprint density at radius 1 is 1.27 bits per heavy atom. The van der Waals surface area contributed by atoms with Crippen molar-refractivity contribution in [3.05, 3.63) is 23.3 Å². The Kier molecular flexibility index (Phi) is 4.62. The lowest BCUT2D eigenvalue weighted by molar-refractivity contribution is 0.112. The van der Waals surface area contributed by atoms with Gasteiger partial charge in [-0.3, -0.25) is 4.79 Å². The highest BCUT2D eigenvalue weighted by Gasteiger charge is 2.09. The first-order chi connectivity index (χ1) is 7.26. The zero-order chi connectivity index (χ0) is 11.3. The molecule has 0 atom stereocenters. The summed E-state index contributed by atoms with van der Waals surface area (Å²) in [6.07, 6.45) is 1.62. The summed E-state index contributed by atoms with van der Waals surface area (Å²) in [7, 11) is 3.13. The summed E-state index contributed by atoms with van der Waals surface area (Å²) in [6.45, 7) is 0. The normalized spacial score (nSPS) is 9.80. The van der Waals surface area contributed by atoms with Gasteiger partial charge in [0.05, 0.1) is 14.2 Å². The minimum atomic E-state index is 0.581. The number of aldehydes is 1. The van der Waals surface area contributed by atoms with E-state index in [0.29, 0.717) is 17.1 Å². The van der Waals surface area contributed by atoms with Crippen molar-refractivity contribution in [1.29, 1.82) is 0 Å². The number of aryl methyl sites for hydroxylation is 1. The van der Waals surface area contributed by atoms with E-state index in [9.17, 15) is 4.79 Å². The molecule has 1 rings (SSSR count). The van der Waals surface area contributed by atoms with E-state index in [-0.39, 0.29) is 0 Å². The van der Waals surface area contributed by atoms with Crippen molar-refractivity contribution in [3.63, 3.8) is 0 Å². The standard InChI is InChI=1S/C11H13BrO3/c1-14-10-5-8(3-4-12)9(7-13)6-11(10)15-2/h5-7H,3-4H2,1-2H3. The van der Waals surface area contributed by atoms with Gasteiger partial charge in [0.25, 0.3) is 0 Å². The number of ether oxygens (including phenoxy) is 2. The number of benzene rings is 1. The van der Waals surface area contributed by atoms with Gasteiger partial charge in [0, 0.05) is 10.9 Å². The Bertz CT molecular complexity index is 350. The molecule has 0 fully saturated rings. The molecule has 0 aliphatic carbocycles. The van der Waals surface area contributed by atoms with Crippen LogP contribution in [0.4, 0.5) is 0 Å². The quantitative estimate of drug-likeness (QED) is 0.610. The van der Waals surface area contributed by atoms with Gasteiger partial charge in [-0.15, -0.1) is 0 Å². The van der Waals surface area contributed by atoms with E-state index >= 15 is 0 Å². The maximum absolute atomic E-state index is 10.9. The second-order valence-corrected chi connectivity index (χ2v) is 3.76. The minimum Gasteiger partial charge on any atom is -0.493 e. The van der Waals surface area contributed by atoms with Gasteiger partial charge >= 0.3 is 0 Å². The summed E-state index contributed by atoms with van der Waals surface area (Å²) in [5.41, 5.74) is 1.60. The Labute approximate surface area is 97.5 Å². The predicted octanol–water partition coefficient (Wildman–Crippen LogP) is 2.45. The molecule has 0 saturated carbocycles. The first-order valence-electron chi connectivity index (χ1n) is 4.52.